The lowest BCUT2D eigenvalue weighted by Crippen LogP contribution is -2.47. The van der Waals surface area contributed by atoms with Crippen molar-refractivity contribution in [1.29, 1.82) is 0 Å². The number of benzene rings is 1. The maximum atomic E-state index is 13.4. The minimum Gasteiger partial charge on any atom is -0.464 e. The third kappa shape index (κ3) is 3.93. The first kappa shape index (κ1) is 17.3. The van der Waals surface area contributed by atoms with Crippen LogP contribution in [0.3, 0.4) is 0 Å². The zero-order valence-corrected chi connectivity index (χ0v) is 14.4. The Morgan fingerprint density at radius 2 is 1.92 bits per heavy atom. The van der Waals surface area contributed by atoms with E-state index in [-0.39, 0.29) is 17.6 Å². The Balaban J connectivity index is 1.61. The monoisotopic (exact) mass is 344 g/mol. The van der Waals surface area contributed by atoms with Gasteiger partial charge in [0.25, 0.3) is 0 Å². The van der Waals surface area contributed by atoms with Crippen molar-refractivity contribution in [2.45, 2.75) is 13.0 Å². The van der Waals surface area contributed by atoms with E-state index in [0.29, 0.717) is 0 Å². The lowest BCUT2D eigenvalue weighted by Gasteiger charge is -2.38. The number of ether oxygens (including phenoxy) is 1. The van der Waals surface area contributed by atoms with Crippen molar-refractivity contribution in [2.75, 3.05) is 38.2 Å². The summed E-state index contributed by atoms with van der Waals surface area (Å²) >= 11 is 0. The van der Waals surface area contributed by atoms with Gasteiger partial charge in [-0.25, -0.2) is 9.18 Å². The van der Waals surface area contributed by atoms with Gasteiger partial charge in [0.2, 0.25) is 0 Å². The lowest BCUT2D eigenvalue weighted by atomic mass is 10.1. The molecule has 1 fully saturated rings. The summed E-state index contributed by atoms with van der Waals surface area (Å²) in [6.45, 7) is 5.38. The molecule has 0 amide bonds. The van der Waals surface area contributed by atoms with Crippen molar-refractivity contribution < 1.29 is 13.9 Å². The average Bonchev–Trinajstić information content (AvgIpc) is 2.67. The molecule has 1 aliphatic heterocycles. The quantitative estimate of drug-likeness (QED) is 0.793. The molecular formula is C18H21FN4O2. The molecular weight excluding hydrogens is 323 g/mol. The van der Waals surface area contributed by atoms with Gasteiger partial charge in [0.15, 0.2) is 11.5 Å². The second kappa shape index (κ2) is 7.57. The molecule has 1 aliphatic rings. The standard InChI is InChI=1S/C18H21FN4O2/c1-13(14-4-3-5-15(19)12-14)22-8-10-23(11-9-22)17-7-6-16(20-21-17)18(24)25-2/h3-7,12-13H,8-11H2,1-2H3. The molecule has 0 aliphatic carbocycles. The molecule has 0 spiro atoms. The molecule has 0 bridgehead atoms. The molecule has 2 heterocycles. The molecule has 132 valence electrons. The van der Waals surface area contributed by atoms with E-state index in [2.05, 4.69) is 31.7 Å². The highest BCUT2D eigenvalue weighted by atomic mass is 19.1. The van der Waals surface area contributed by atoms with Crippen LogP contribution in [-0.4, -0.2) is 54.4 Å². The average molecular weight is 344 g/mol. The van der Waals surface area contributed by atoms with Crippen molar-refractivity contribution in [3.05, 3.63) is 53.5 Å². The first-order valence-electron chi connectivity index (χ1n) is 8.25. The second-order valence-corrected chi connectivity index (χ2v) is 6.02. The number of methoxy groups -OCH3 is 1. The van der Waals surface area contributed by atoms with E-state index in [1.807, 2.05) is 6.07 Å². The molecule has 1 atom stereocenters. The summed E-state index contributed by atoms with van der Waals surface area (Å²) in [4.78, 5) is 15.9. The fraction of sp³-hybridized carbons (Fsp3) is 0.389. The fourth-order valence-electron chi connectivity index (χ4n) is 3.02. The van der Waals surface area contributed by atoms with Crippen molar-refractivity contribution in [1.82, 2.24) is 15.1 Å². The molecule has 1 aromatic heterocycles. The highest BCUT2D eigenvalue weighted by Crippen LogP contribution is 2.23. The number of rotatable bonds is 4. The Morgan fingerprint density at radius 3 is 2.52 bits per heavy atom. The number of hydrogen-bond acceptors (Lipinski definition) is 6. The fourth-order valence-corrected chi connectivity index (χ4v) is 3.02. The summed E-state index contributed by atoms with van der Waals surface area (Å²) < 4.78 is 18.0. The number of hydrogen-bond donors (Lipinski definition) is 0. The maximum Gasteiger partial charge on any atom is 0.358 e. The number of halogens is 1. The molecule has 1 saturated heterocycles. The van der Waals surface area contributed by atoms with Crippen LogP contribution in [0.5, 0.6) is 0 Å². The van der Waals surface area contributed by atoms with Crippen LogP contribution in [0.2, 0.25) is 0 Å². The summed E-state index contributed by atoms with van der Waals surface area (Å²) in [7, 11) is 1.32. The first-order chi connectivity index (χ1) is 12.1. The zero-order valence-electron chi connectivity index (χ0n) is 14.4. The van der Waals surface area contributed by atoms with Crippen LogP contribution in [0.25, 0.3) is 0 Å². The normalized spacial score (nSPS) is 16.5. The van der Waals surface area contributed by atoms with Crippen molar-refractivity contribution in [3.63, 3.8) is 0 Å². The molecule has 2 aromatic rings. The number of piperazine rings is 1. The minimum absolute atomic E-state index is 0.158. The van der Waals surface area contributed by atoms with Crippen molar-refractivity contribution >= 4 is 11.8 Å². The van der Waals surface area contributed by atoms with Gasteiger partial charge in [-0.1, -0.05) is 12.1 Å². The smallest absolute Gasteiger partial charge is 0.358 e. The summed E-state index contributed by atoms with van der Waals surface area (Å²) in [5.41, 5.74) is 1.18. The van der Waals surface area contributed by atoms with E-state index < -0.39 is 5.97 Å². The number of nitrogens with zero attached hydrogens (tertiary/aromatic N) is 4. The maximum absolute atomic E-state index is 13.4. The van der Waals surface area contributed by atoms with Crippen LogP contribution in [-0.2, 0) is 4.74 Å². The minimum atomic E-state index is -0.493. The molecule has 1 unspecified atom stereocenters. The topological polar surface area (TPSA) is 58.6 Å². The third-order valence-corrected chi connectivity index (χ3v) is 4.56. The number of carbonyl (C=O) groups is 1. The van der Waals surface area contributed by atoms with Crippen molar-refractivity contribution in [3.8, 4) is 0 Å². The molecule has 0 saturated carbocycles. The van der Waals surface area contributed by atoms with Gasteiger partial charge in [0.1, 0.15) is 5.82 Å². The van der Waals surface area contributed by atoms with E-state index in [9.17, 15) is 9.18 Å². The van der Waals surface area contributed by atoms with Gasteiger partial charge in [0, 0.05) is 32.2 Å². The van der Waals surface area contributed by atoms with Gasteiger partial charge in [-0.2, -0.15) is 0 Å². The van der Waals surface area contributed by atoms with Crippen LogP contribution in [0.1, 0.15) is 29.0 Å². The van der Waals surface area contributed by atoms with Gasteiger partial charge in [0.05, 0.1) is 7.11 Å². The van der Waals surface area contributed by atoms with Crippen LogP contribution in [0.15, 0.2) is 36.4 Å². The molecule has 1 aromatic carbocycles. The summed E-state index contributed by atoms with van der Waals surface area (Å²) in [6.07, 6.45) is 0. The number of esters is 1. The molecule has 25 heavy (non-hydrogen) atoms. The SMILES string of the molecule is COC(=O)c1ccc(N2CCN(C(C)c3cccc(F)c3)CC2)nn1. The molecule has 3 rings (SSSR count). The molecule has 6 nitrogen and oxygen atoms in total. The first-order valence-corrected chi connectivity index (χ1v) is 8.25. The highest BCUT2D eigenvalue weighted by Gasteiger charge is 2.23. The zero-order chi connectivity index (χ0) is 17.8. The number of carbonyl (C=O) groups excluding carboxylic acids is 1. The Morgan fingerprint density at radius 1 is 1.16 bits per heavy atom. The Bertz CT molecular complexity index is 730. The highest BCUT2D eigenvalue weighted by molar-refractivity contribution is 5.86. The van der Waals surface area contributed by atoms with Gasteiger partial charge in [-0.3, -0.25) is 4.90 Å². The predicted molar refractivity (Wildman–Crippen MR) is 92.0 cm³/mol. The van der Waals surface area contributed by atoms with Crippen molar-refractivity contribution in [2.24, 2.45) is 0 Å². The van der Waals surface area contributed by atoms with Crippen LogP contribution in [0, 0.1) is 5.82 Å². The van der Waals surface area contributed by atoms with Gasteiger partial charge < -0.3 is 9.64 Å². The number of anilines is 1. The van der Waals surface area contributed by atoms with E-state index in [4.69, 9.17) is 0 Å². The van der Waals surface area contributed by atoms with Crippen LogP contribution < -0.4 is 4.90 Å². The molecule has 0 N–H and O–H groups in total. The third-order valence-electron chi connectivity index (χ3n) is 4.56. The Hall–Kier alpha value is -2.54. The van der Waals surface area contributed by atoms with E-state index in [1.165, 1.54) is 13.2 Å². The Labute approximate surface area is 146 Å². The predicted octanol–water partition coefficient (Wildman–Crippen LogP) is 2.29. The number of aromatic nitrogens is 2. The van der Waals surface area contributed by atoms with Crippen LogP contribution >= 0.6 is 0 Å². The lowest BCUT2D eigenvalue weighted by molar-refractivity contribution is 0.0592. The second-order valence-electron chi connectivity index (χ2n) is 6.02. The largest absolute Gasteiger partial charge is 0.464 e. The van der Waals surface area contributed by atoms with E-state index in [1.54, 1.807) is 24.3 Å². The summed E-state index contributed by atoms with van der Waals surface area (Å²) in [6, 6.07) is 10.3. The van der Waals surface area contributed by atoms with Gasteiger partial charge in [-0.05, 0) is 36.8 Å². The van der Waals surface area contributed by atoms with Gasteiger partial charge in [-0.15, -0.1) is 10.2 Å². The Kier molecular flexibility index (Phi) is 5.23. The van der Waals surface area contributed by atoms with E-state index >= 15 is 0 Å². The van der Waals surface area contributed by atoms with E-state index in [0.717, 1.165) is 37.6 Å². The summed E-state index contributed by atoms with van der Waals surface area (Å²) in [5.74, 6) is 0.0439. The molecule has 0 radical (unpaired) electrons. The van der Waals surface area contributed by atoms with Crippen LogP contribution in [0.4, 0.5) is 10.2 Å². The summed E-state index contributed by atoms with van der Waals surface area (Å²) in [5, 5.41) is 8.03. The molecule has 7 heteroatoms. The van der Waals surface area contributed by atoms with Gasteiger partial charge >= 0.3 is 5.97 Å².